The summed E-state index contributed by atoms with van der Waals surface area (Å²) in [7, 11) is 0. The first-order valence-corrected chi connectivity index (χ1v) is 8.17. The molecule has 3 N–H and O–H groups in total. The zero-order valence-corrected chi connectivity index (χ0v) is 13.0. The van der Waals surface area contributed by atoms with Crippen LogP contribution in [0.3, 0.4) is 0 Å². The monoisotopic (exact) mass is 308 g/mol. The fraction of sp³-hybridized carbons (Fsp3) is 0.333. The third kappa shape index (κ3) is 2.86. The first-order valence-electron chi connectivity index (χ1n) is 8.17. The van der Waals surface area contributed by atoms with Crippen molar-refractivity contribution in [1.29, 1.82) is 0 Å². The van der Waals surface area contributed by atoms with Crippen molar-refractivity contribution in [2.24, 2.45) is 0 Å². The maximum absolute atomic E-state index is 6.07. The third-order valence-electron chi connectivity index (χ3n) is 4.45. The highest BCUT2D eigenvalue weighted by molar-refractivity contribution is 5.87. The molecule has 0 atom stereocenters. The van der Waals surface area contributed by atoms with E-state index < -0.39 is 0 Å². The van der Waals surface area contributed by atoms with Gasteiger partial charge in [-0.05, 0) is 62.1 Å². The summed E-state index contributed by atoms with van der Waals surface area (Å²) in [6, 6.07) is 12.0. The minimum Gasteiger partial charge on any atom is -0.490 e. The fourth-order valence-corrected chi connectivity index (χ4v) is 3.16. The van der Waals surface area contributed by atoms with Crippen molar-refractivity contribution in [2.75, 3.05) is 5.73 Å². The fourth-order valence-electron chi connectivity index (χ4n) is 3.16. The molecule has 0 amide bonds. The Morgan fingerprint density at radius 1 is 1.00 bits per heavy atom. The largest absolute Gasteiger partial charge is 0.490 e. The lowest BCUT2D eigenvalue weighted by atomic mass is 9.98. The first kappa shape index (κ1) is 14.1. The van der Waals surface area contributed by atoms with E-state index in [4.69, 9.17) is 10.5 Å². The minimum absolute atomic E-state index is 0.371. The van der Waals surface area contributed by atoms with Gasteiger partial charge in [-0.15, -0.1) is 0 Å². The highest BCUT2D eigenvalue weighted by Crippen LogP contribution is 2.27. The summed E-state index contributed by atoms with van der Waals surface area (Å²) in [4.78, 5) is 4.55. The molecule has 0 radical (unpaired) electrons. The molecule has 0 spiro atoms. The second kappa shape index (κ2) is 5.91. The van der Waals surface area contributed by atoms with Crippen molar-refractivity contribution in [3.05, 3.63) is 36.4 Å². The van der Waals surface area contributed by atoms with Crippen molar-refractivity contribution in [3.8, 4) is 17.0 Å². The molecule has 1 fully saturated rings. The number of nitrogens with two attached hydrogens (primary N) is 1. The molecule has 3 aromatic rings. The summed E-state index contributed by atoms with van der Waals surface area (Å²) in [6.07, 6.45) is 6.60. The number of aromatic nitrogens is 3. The number of H-pyrrole nitrogens is 1. The number of anilines is 1. The predicted octanol–water partition coefficient (Wildman–Crippen LogP) is 3.92. The maximum atomic E-state index is 6.07. The van der Waals surface area contributed by atoms with E-state index in [1.807, 2.05) is 36.4 Å². The Morgan fingerprint density at radius 3 is 2.57 bits per heavy atom. The second-order valence-corrected chi connectivity index (χ2v) is 6.11. The summed E-state index contributed by atoms with van der Waals surface area (Å²) in [5.74, 6) is 1.49. The number of benzene rings is 1. The van der Waals surface area contributed by atoms with Gasteiger partial charge in [-0.2, -0.15) is 5.10 Å². The molecule has 5 nitrogen and oxygen atoms in total. The Labute approximate surface area is 134 Å². The van der Waals surface area contributed by atoms with Gasteiger partial charge in [-0.1, -0.05) is 6.42 Å². The Kier molecular flexibility index (Phi) is 3.61. The van der Waals surface area contributed by atoms with E-state index >= 15 is 0 Å². The molecule has 0 bridgehead atoms. The van der Waals surface area contributed by atoms with Crippen molar-refractivity contribution in [3.63, 3.8) is 0 Å². The molecule has 4 rings (SSSR count). The number of nitrogens with one attached hydrogen (secondary N) is 1. The summed E-state index contributed by atoms with van der Waals surface area (Å²) >= 11 is 0. The topological polar surface area (TPSA) is 76.8 Å². The molecule has 5 heteroatoms. The van der Waals surface area contributed by atoms with Crippen molar-refractivity contribution in [1.82, 2.24) is 15.2 Å². The average Bonchev–Trinajstić information content (AvgIpc) is 2.97. The van der Waals surface area contributed by atoms with Crippen LogP contribution in [0.25, 0.3) is 22.3 Å². The molecule has 2 heterocycles. The standard InChI is InChI=1S/C18H20N4O/c19-17-15-10-11-16(20-18(15)22-21-17)12-6-8-14(9-7-12)23-13-4-2-1-3-5-13/h6-11,13H,1-5H2,(H3,19,20,21,22). The predicted molar refractivity (Wildman–Crippen MR) is 91.2 cm³/mol. The molecule has 0 saturated heterocycles. The molecule has 2 aromatic heterocycles. The number of hydrogen-bond acceptors (Lipinski definition) is 4. The number of hydrogen-bond donors (Lipinski definition) is 2. The molecule has 118 valence electrons. The molecular weight excluding hydrogens is 288 g/mol. The average molecular weight is 308 g/mol. The molecule has 0 unspecified atom stereocenters. The third-order valence-corrected chi connectivity index (χ3v) is 4.45. The normalized spacial score (nSPS) is 15.8. The van der Waals surface area contributed by atoms with Gasteiger partial charge in [-0.25, -0.2) is 4.98 Å². The minimum atomic E-state index is 0.371. The van der Waals surface area contributed by atoms with Crippen LogP contribution in [0.1, 0.15) is 32.1 Å². The van der Waals surface area contributed by atoms with Crippen LogP contribution in [0.15, 0.2) is 36.4 Å². The van der Waals surface area contributed by atoms with E-state index in [0.717, 1.165) is 22.4 Å². The van der Waals surface area contributed by atoms with Gasteiger partial charge in [0.1, 0.15) is 11.6 Å². The van der Waals surface area contributed by atoms with Gasteiger partial charge in [0.25, 0.3) is 0 Å². The zero-order valence-electron chi connectivity index (χ0n) is 13.0. The van der Waals surface area contributed by atoms with Crippen LogP contribution < -0.4 is 10.5 Å². The maximum Gasteiger partial charge on any atom is 0.183 e. The smallest absolute Gasteiger partial charge is 0.183 e. The van der Waals surface area contributed by atoms with Crippen molar-refractivity contribution >= 4 is 16.9 Å². The van der Waals surface area contributed by atoms with Crippen LogP contribution in [0.2, 0.25) is 0 Å². The Hall–Kier alpha value is -2.56. The van der Waals surface area contributed by atoms with E-state index in [2.05, 4.69) is 15.2 Å². The Balaban J connectivity index is 1.54. The van der Waals surface area contributed by atoms with Crippen LogP contribution in [-0.2, 0) is 0 Å². The quantitative estimate of drug-likeness (QED) is 0.769. The first-order chi connectivity index (χ1) is 11.3. The number of rotatable bonds is 3. The molecule has 0 aliphatic heterocycles. The van der Waals surface area contributed by atoms with E-state index in [-0.39, 0.29) is 0 Å². The number of nitrogens with zero attached hydrogens (tertiary/aromatic N) is 2. The van der Waals surface area contributed by atoms with Crippen molar-refractivity contribution in [2.45, 2.75) is 38.2 Å². The molecule has 23 heavy (non-hydrogen) atoms. The van der Waals surface area contributed by atoms with Gasteiger partial charge in [0.05, 0.1) is 17.2 Å². The molecular formula is C18H20N4O. The van der Waals surface area contributed by atoms with Crippen molar-refractivity contribution < 1.29 is 4.74 Å². The zero-order chi connectivity index (χ0) is 15.6. The molecule has 1 aliphatic carbocycles. The number of fused-ring (bicyclic) bond motifs is 1. The number of nitrogen functional groups attached to an aromatic ring is 1. The highest BCUT2D eigenvalue weighted by Gasteiger charge is 2.14. The van der Waals surface area contributed by atoms with Crippen LogP contribution in [0.4, 0.5) is 5.82 Å². The lowest BCUT2D eigenvalue weighted by molar-refractivity contribution is 0.155. The van der Waals surface area contributed by atoms with Crippen LogP contribution in [-0.4, -0.2) is 21.3 Å². The van der Waals surface area contributed by atoms with Gasteiger partial charge >= 0.3 is 0 Å². The van der Waals surface area contributed by atoms with Gasteiger partial charge < -0.3 is 10.5 Å². The van der Waals surface area contributed by atoms with Gasteiger partial charge in [0.2, 0.25) is 0 Å². The van der Waals surface area contributed by atoms with Gasteiger partial charge in [-0.3, -0.25) is 5.10 Å². The number of aromatic amines is 1. The molecule has 1 aromatic carbocycles. The summed E-state index contributed by atoms with van der Waals surface area (Å²) in [5, 5.41) is 7.72. The van der Waals surface area contributed by atoms with E-state index in [1.54, 1.807) is 0 Å². The molecule has 1 aliphatic rings. The Bertz CT molecular complexity index is 804. The Morgan fingerprint density at radius 2 is 1.78 bits per heavy atom. The van der Waals surface area contributed by atoms with E-state index in [0.29, 0.717) is 17.6 Å². The summed E-state index contributed by atoms with van der Waals surface area (Å²) in [6.45, 7) is 0. The van der Waals surface area contributed by atoms with Crippen LogP contribution in [0, 0.1) is 0 Å². The number of pyridine rings is 1. The lowest BCUT2D eigenvalue weighted by Gasteiger charge is -2.23. The van der Waals surface area contributed by atoms with Gasteiger partial charge in [0.15, 0.2) is 5.65 Å². The summed E-state index contributed by atoms with van der Waals surface area (Å²) in [5.41, 5.74) is 8.37. The summed E-state index contributed by atoms with van der Waals surface area (Å²) < 4.78 is 6.07. The number of ether oxygens (including phenoxy) is 1. The SMILES string of the molecule is Nc1[nH]nc2nc(-c3ccc(OC4CCCCC4)cc3)ccc12. The molecule has 1 saturated carbocycles. The highest BCUT2D eigenvalue weighted by atomic mass is 16.5. The van der Waals surface area contributed by atoms with Crippen LogP contribution in [0.5, 0.6) is 5.75 Å². The second-order valence-electron chi connectivity index (χ2n) is 6.11. The van der Waals surface area contributed by atoms with Crippen LogP contribution >= 0.6 is 0 Å². The van der Waals surface area contributed by atoms with E-state index in [9.17, 15) is 0 Å². The lowest BCUT2D eigenvalue weighted by Crippen LogP contribution is -2.19. The van der Waals surface area contributed by atoms with E-state index in [1.165, 1.54) is 32.1 Å². The van der Waals surface area contributed by atoms with Gasteiger partial charge in [0, 0.05) is 5.56 Å².